The zero-order valence-corrected chi connectivity index (χ0v) is 23.4. The molecular weight excluding hydrogens is 665 g/mol. The first kappa shape index (κ1) is 33.2. The molecule has 3 aromatic rings. The quantitative estimate of drug-likeness (QED) is 0.126. The lowest BCUT2D eigenvalue weighted by molar-refractivity contribution is -0.290. The zero-order valence-electron chi connectivity index (χ0n) is 23.4. The second-order valence-corrected chi connectivity index (χ2v) is 10.1. The van der Waals surface area contributed by atoms with Crippen LogP contribution in [0.2, 0.25) is 0 Å². The Balaban J connectivity index is 2.28. The predicted octanol–water partition coefficient (Wildman–Crippen LogP) is 7.45. The third kappa shape index (κ3) is 4.90. The molecule has 0 saturated heterocycles. The summed E-state index contributed by atoms with van der Waals surface area (Å²) < 4.78 is 167. The van der Waals surface area contributed by atoms with E-state index in [2.05, 4.69) is 14.4 Å². The van der Waals surface area contributed by atoms with Gasteiger partial charge in [0.25, 0.3) is 0 Å². The molecule has 0 aliphatic heterocycles. The van der Waals surface area contributed by atoms with E-state index in [1.165, 1.54) is 12.1 Å². The number of hydrogen-bond donors (Lipinski definition) is 0. The Kier molecular flexibility index (Phi) is 8.03. The van der Waals surface area contributed by atoms with Crippen LogP contribution in [-0.4, -0.2) is 6.36 Å². The molecular formula is C32H9F11N4O. The minimum atomic E-state index is -5.73. The van der Waals surface area contributed by atoms with Gasteiger partial charge in [-0.3, -0.25) is 0 Å². The van der Waals surface area contributed by atoms with Gasteiger partial charge in [-0.25, -0.2) is 35.1 Å². The molecule has 0 radical (unpaired) electrons. The summed E-state index contributed by atoms with van der Waals surface area (Å²) >= 11 is 0. The standard InChI is InChI=1S/C32H9F11N4O/c1-10-12(31(46-2)47-3)4-14-20(10)21(24-26(37)16(33)6-17(34)27(24)38)15-5-13(11(8-44)9-45)30(48-32(41,42)43)23(15)22(14)25-28(39)18(35)7-19(36)29(25)40/h6-7H,4-5H2,1H3. The van der Waals surface area contributed by atoms with Gasteiger partial charge in [0, 0.05) is 34.9 Å². The van der Waals surface area contributed by atoms with Crippen LogP contribution in [0, 0.1) is 82.3 Å². The molecule has 0 amide bonds. The molecule has 240 valence electrons. The largest absolute Gasteiger partial charge is 0.573 e. The summed E-state index contributed by atoms with van der Waals surface area (Å²) in [5.74, 6) is -19.0. The number of ether oxygens (including phenoxy) is 1. The number of benzene rings is 3. The van der Waals surface area contributed by atoms with E-state index in [1.54, 1.807) is 0 Å². The highest BCUT2D eigenvalue weighted by Crippen LogP contribution is 2.43. The number of allylic oxidation sites excluding steroid dienone is 2. The molecule has 0 saturated carbocycles. The van der Waals surface area contributed by atoms with Crippen LogP contribution in [-0.2, 0) is 17.6 Å². The second-order valence-electron chi connectivity index (χ2n) is 10.1. The van der Waals surface area contributed by atoms with Crippen LogP contribution in [0.25, 0.3) is 43.3 Å². The first-order chi connectivity index (χ1) is 22.5. The van der Waals surface area contributed by atoms with Crippen molar-refractivity contribution in [2.75, 3.05) is 0 Å². The van der Waals surface area contributed by atoms with Gasteiger partial charge < -0.3 is 4.74 Å². The molecule has 16 heteroatoms. The number of nitrogens with zero attached hydrogens (tertiary/aromatic N) is 4. The number of halogens is 11. The average molecular weight is 674 g/mol. The van der Waals surface area contributed by atoms with Crippen molar-refractivity contribution in [3.8, 4) is 34.4 Å². The molecule has 0 atom stereocenters. The summed E-state index contributed by atoms with van der Waals surface area (Å²) in [7, 11) is 0. The van der Waals surface area contributed by atoms with E-state index < -0.39 is 132 Å². The highest BCUT2D eigenvalue weighted by atomic mass is 19.4. The van der Waals surface area contributed by atoms with Gasteiger partial charge in [-0.15, -0.1) is 13.2 Å². The fraction of sp³-hybridized carbons (Fsp3) is 0.125. The highest BCUT2D eigenvalue weighted by molar-refractivity contribution is 5.91. The molecule has 0 unspecified atom stereocenters. The van der Waals surface area contributed by atoms with Crippen LogP contribution < -0.4 is 10.4 Å². The smallest absolute Gasteiger partial charge is 0.405 e. The molecule has 2 aliphatic rings. The van der Waals surface area contributed by atoms with Crippen molar-refractivity contribution in [3.63, 3.8) is 0 Å². The van der Waals surface area contributed by atoms with E-state index in [0.717, 1.165) is 6.92 Å². The molecule has 0 bridgehead atoms. The van der Waals surface area contributed by atoms with Crippen LogP contribution >= 0.6 is 0 Å². The van der Waals surface area contributed by atoms with Gasteiger partial charge in [-0.2, -0.15) is 20.2 Å². The van der Waals surface area contributed by atoms with Crippen LogP contribution in [0.4, 0.5) is 48.3 Å². The van der Waals surface area contributed by atoms with Crippen LogP contribution in [0.5, 0.6) is 0 Å². The van der Waals surface area contributed by atoms with Crippen molar-refractivity contribution in [2.24, 2.45) is 0 Å². The third-order valence-corrected chi connectivity index (χ3v) is 7.69. The predicted molar refractivity (Wildman–Crippen MR) is 142 cm³/mol. The maximum atomic E-state index is 15.6. The van der Waals surface area contributed by atoms with Crippen LogP contribution in [0.3, 0.4) is 0 Å². The maximum absolute atomic E-state index is 15.6. The fourth-order valence-corrected chi connectivity index (χ4v) is 5.87. The fourth-order valence-electron chi connectivity index (χ4n) is 5.87. The summed E-state index contributed by atoms with van der Waals surface area (Å²) in [6, 6.07) is 2.14. The summed E-state index contributed by atoms with van der Waals surface area (Å²) in [6.07, 6.45) is -7.75. The van der Waals surface area contributed by atoms with E-state index in [1.807, 2.05) is 0 Å². The number of nitriles is 2. The molecule has 0 fully saturated rings. The number of alkyl halides is 3. The molecule has 2 aliphatic carbocycles. The lowest BCUT2D eigenvalue weighted by atomic mass is 9.86. The molecule has 0 N–H and O–H groups in total. The minimum absolute atomic E-state index is 0.194. The lowest BCUT2D eigenvalue weighted by Crippen LogP contribution is -2.27. The monoisotopic (exact) mass is 674 g/mol. The van der Waals surface area contributed by atoms with Gasteiger partial charge in [0.15, 0.2) is 46.5 Å². The SMILES string of the molecule is [C-]#[N+]C([N+]#[C-])=C1Cc2c(-c3c(F)c(F)cc(F)c3F)c3c(c(-c4c(F)c(F)cc(F)c4F)c2=C1C)CC(=C(C#N)C#N)C=3OC(F)(F)F. The van der Waals surface area contributed by atoms with Gasteiger partial charge in [0.1, 0.15) is 36.6 Å². The summed E-state index contributed by atoms with van der Waals surface area (Å²) in [6.45, 7) is 15.8. The number of fused-ring (bicyclic) bond motifs is 2. The Bertz CT molecular complexity index is 2310. The minimum Gasteiger partial charge on any atom is -0.405 e. The third-order valence-electron chi connectivity index (χ3n) is 7.69. The number of hydrogen-bond acceptors (Lipinski definition) is 3. The van der Waals surface area contributed by atoms with Crippen molar-refractivity contribution in [3.05, 3.63) is 126 Å². The molecule has 3 aromatic carbocycles. The van der Waals surface area contributed by atoms with Gasteiger partial charge in [-0.05, 0) is 40.8 Å². The van der Waals surface area contributed by atoms with Crippen LogP contribution in [0.1, 0.15) is 18.1 Å². The molecule has 0 heterocycles. The van der Waals surface area contributed by atoms with E-state index >= 15 is 17.6 Å². The van der Waals surface area contributed by atoms with Gasteiger partial charge in [-0.1, -0.05) is 0 Å². The van der Waals surface area contributed by atoms with Crippen molar-refractivity contribution >= 4 is 11.3 Å². The molecule has 5 nitrogen and oxygen atoms in total. The summed E-state index contributed by atoms with van der Waals surface area (Å²) in [5.41, 5.74) is -9.70. The Morgan fingerprint density at radius 1 is 0.688 bits per heavy atom. The van der Waals surface area contributed by atoms with E-state index in [4.69, 9.17) is 13.1 Å². The van der Waals surface area contributed by atoms with Gasteiger partial charge in [0.05, 0.1) is 16.7 Å². The van der Waals surface area contributed by atoms with Gasteiger partial charge >= 0.3 is 12.2 Å². The average Bonchev–Trinajstić information content (AvgIpc) is 3.54. The molecule has 5 rings (SSSR count). The Morgan fingerprint density at radius 2 is 1.08 bits per heavy atom. The summed E-state index contributed by atoms with van der Waals surface area (Å²) in [4.78, 5) is 6.03. The lowest BCUT2D eigenvalue weighted by Gasteiger charge is -2.19. The Morgan fingerprint density at radius 3 is 1.48 bits per heavy atom. The zero-order chi connectivity index (χ0) is 35.6. The number of rotatable bonds is 3. The van der Waals surface area contributed by atoms with E-state index in [0.29, 0.717) is 0 Å². The topological polar surface area (TPSA) is 65.5 Å². The van der Waals surface area contributed by atoms with Gasteiger partial charge in [0.2, 0.25) is 0 Å². The van der Waals surface area contributed by atoms with E-state index in [-0.39, 0.29) is 23.3 Å². The first-order valence-corrected chi connectivity index (χ1v) is 12.9. The van der Waals surface area contributed by atoms with Crippen molar-refractivity contribution < 1.29 is 53.0 Å². The maximum Gasteiger partial charge on any atom is 0.573 e. The van der Waals surface area contributed by atoms with E-state index in [9.17, 15) is 41.3 Å². The molecule has 0 spiro atoms. The Labute approximate surface area is 261 Å². The summed E-state index contributed by atoms with van der Waals surface area (Å²) in [5, 5.41) is 17.3. The normalized spacial score (nSPS) is 13.4. The molecule has 0 aromatic heterocycles. The van der Waals surface area contributed by atoms with Crippen molar-refractivity contribution in [1.82, 2.24) is 0 Å². The first-order valence-electron chi connectivity index (χ1n) is 12.9. The molecule has 48 heavy (non-hydrogen) atoms. The van der Waals surface area contributed by atoms with Crippen molar-refractivity contribution in [2.45, 2.75) is 26.1 Å². The highest BCUT2D eigenvalue weighted by Gasteiger charge is 2.42. The van der Waals surface area contributed by atoms with Crippen LogP contribution in [0.15, 0.2) is 34.7 Å². The van der Waals surface area contributed by atoms with Crippen molar-refractivity contribution in [1.29, 1.82) is 10.5 Å². The Hall–Kier alpha value is -6.13. The second kappa shape index (κ2) is 11.6.